The average molecular weight is 428 g/mol. The third-order valence-electron chi connectivity index (χ3n) is 3.75. The quantitative estimate of drug-likeness (QED) is 0.467. The van der Waals surface area contributed by atoms with Crippen molar-refractivity contribution in [2.45, 2.75) is 18.7 Å². The molecule has 144 valence electrons. The van der Waals surface area contributed by atoms with E-state index in [2.05, 4.69) is 6.58 Å². The first-order valence-corrected chi connectivity index (χ1v) is 10.3. The molecule has 0 aromatic heterocycles. The molecule has 0 bridgehead atoms. The van der Waals surface area contributed by atoms with Crippen LogP contribution in [0, 0.1) is 6.92 Å². The average Bonchev–Trinajstić information content (AvgIpc) is 2.62. The van der Waals surface area contributed by atoms with Crippen molar-refractivity contribution in [3.8, 4) is 0 Å². The molecule has 0 spiro atoms. The molecule has 0 saturated heterocycles. The Morgan fingerprint density at radius 2 is 1.93 bits per heavy atom. The maximum absolute atomic E-state index is 13.3. The van der Waals surface area contributed by atoms with Gasteiger partial charge in [0.2, 0.25) is 0 Å². The third kappa shape index (κ3) is 4.64. The fourth-order valence-electron chi connectivity index (χ4n) is 2.46. The molecule has 0 saturated carbocycles. The number of esters is 1. The van der Waals surface area contributed by atoms with E-state index in [1.807, 2.05) is 0 Å². The van der Waals surface area contributed by atoms with Gasteiger partial charge >= 0.3 is 5.97 Å². The Labute approximate surface area is 169 Å². The van der Waals surface area contributed by atoms with E-state index in [1.165, 1.54) is 30.3 Å². The zero-order chi connectivity index (χ0) is 20.2. The molecule has 0 unspecified atom stereocenters. The van der Waals surface area contributed by atoms with E-state index in [9.17, 15) is 13.2 Å². The topological polar surface area (TPSA) is 63.7 Å². The summed E-state index contributed by atoms with van der Waals surface area (Å²) in [5.74, 6) is -0.532. The zero-order valence-corrected chi connectivity index (χ0v) is 17.2. The molecule has 2 aromatic carbocycles. The van der Waals surface area contributed by atoms with E-state index < -0.39 is 16.0 Å². The summed E-state index contributed by atoms with van der Waals surface area (Å²) < 4.78 is 32.7. The summed E-state index contributed by atoms with van der Waals surface area (Å²) >= 11 is 12.1. The highest BCUT2D eigenvalue weighted by Gasteiger charge is 2.28. The first-order chi connectivity index (χ1) is 12.7. The van der Waals surface area contributed by atoms with E-state index in [4.69, 9.17) is 27.9 Å². The SMILES string of the molecule is C=CCN(c1cc(C(=O)OCC)ccc1C)S(=O)(=O)c1cc(Cl)ccc1Cl. The lowest BCUT2D eigenvalue weighted by molar-refractivity contribution is 0.0526. The lowest BCUT2D eigenvalue weighted by Gasteiger charge is -2.25. The van der Waals surface area contributed by atoms with Crippen LogP contribution in [0.2, 0.25) is 10.0 Å². The smallest absolute Gasteiger partial charge is 0.338 e. The number of anilines is 1. The van der Waals surface area contributed by atoms with E-state index in [0.717, 1.165) is 4.31 Å². The predicted octanol–water partition coefficient (Wildman–Crippen LogP) is 4.86. The van der Waals surface area contributed by atoms with E-state index in [1.54, 1.807) is 26.0 Å². The number of benzene rings is 2. The minimum absolute atomic E-state index is 0.0156. The maximum atomic E-state index is 13.3. The van der Waals surface area contributed by atoms with Crippen molar-refractivity contribution < 1.29 is 17.9 Å². The fraction of sp³-hybridized carbons (Fsp3) is 0.211. The number of hydrogen-bond donors (Lipinski definition) is 0. The molecule has 0 fully saturated rings. The van der Waals surface area contributed by atoms with Crippen LogP contribution in [-0.2, 0) is 14.8 Å². The number of nitrogens with zero attached hydrogens (tertiary/aromatic N) is 1. The molecule has 2 rings (SSSR count). The van der Waals surface area contributed by atoms with Crippen LogP contribution in [0.1, 0.15) is 22.8 Å². The summed E-state index contributed by atoms with van der Waals surface area (Å²) in [6.07, 6.45) is 1.45. The van der Waals surface area contributed by atoms with Gasteiger partial charge in [0, 0.05) is 5.02 Å². The lowest BCUT2D eigenvalue weighted by Crippen LogP contribution is -2.32. The molecule has 0 N–H and O–H groups in total. The van der Waals surface area contributed by atoms with Crippen molar-refractivity contribution in [1.29, 1.82) is 0 Å². The van der Waals surface area contributed by atoms with Gasteiger partial charge in [-0.25, -0.2) is 13.2 Å². The highest BCUT2D eigenvalue weighted by molar-refractivity contribution is 7.93. The Bertz CT molecular complexity index is 974. The van der Waals surface area contributed by atoms with Crippen LogP contribution in [0.25, 0.3) is 0 Å². The van der Waals surface area contributed by atoms with Gasteiger partial charge < -0.3 is 4.74 Å². The van der Waals surface area contributed by atoms with Crippen molar-refractivity contribution in [3.63, 3.8) is 0 Å². The van der Waals surface area contributed by atoms with Crippen LogP contribution in [0.5, 0.6) is 0 Å². The summed E-state index contributed by atoms with van der Waals surface area (Å²) in [6, 6.07) is 8.94. The molecule has 0 amide bonds. The number of hydrogen-bond acceptors (Lipinski definition) is 4. The molecular weight excluding hydrogens is 409 g/mol. The second-order valence-electron chi connectivity index (χ2n) is 5.62. The van der Waals surface area contributed by atoms with Crippen LogP contribution in [0.4, 0.5) is 5.69 Å². The standard InChI is InChI=1S/C19H19Cl2NO4S/c1-4-10-22(27(24,25)18-12-15(20)8-9-16(18)21)17-11-14(7-6-13(17)3)19(23)26-5-2/h4,6-9,11-12H,1,5,10H2,2-3H3. The monoisotopic (exact) mass is 427 g/mol. The highest BCUT2D eigenvalue weighted by atomic mass is 35.5. The van der Waals surface area contributed by atoms with Crippen molar-refractivity contribution in [1.82, 2.24) is 0 Å². The van der Waals surface area contributed by atoms with E-state index >= 15 is 0 Å². The van der Waals surface area contributed by atoms with Crippen molar-refractivity contribution in [2.24, 2.45) is 0 Å². The Kier molecular flexibility index (Phi) is 6.92. The molecule has 0 aliphatic heterocycles. The van der Waals surface area contributed by atoms with Crippen LogP contribution in [0.3, 0.4) is 0 Å². The molecule has 5 nitrogen and oxygen atoms in total. The van der Waals surface area contributed by atoms with Crippen LogP contribution in [0.15, 0.2) is 53.9 Å². The second-order valence-corrected chi connectivity index (χ2v) is 8.30. The number of aryl methyl sites for hydroxylation is 1. The third-order valence-corrected chi connectivity index (χ3v) is 6.24. The molecule has 27 heavy (non-hydrogen) atoms. The second kappa shape index (κ2) is 8.78. The molecule has 0 aliphatic carbocycles. The fourth-order valence-corrected chi connectivity index (χ4v) is 4.69. The predicted molar refractivity (Wildman–Crippen MR) is 108 cm³/mol. The first kappa shape index (κ1) is 21.3. The van der Waals surface area contributed by atoms with Crippen molar-refractivity contribution in [3.05, 3.63) is 70.2 Å². The Morgan fingerprint density at radius 3 is 2.56 bits per heavy atom. The lowest BCUT2D eigenvalue weighted by atomic mass is 10.1. The van der Waals surface area contributed by atoms with Crippen molar-refractivity contribution >= 4 is 44.9 Å². The first-order valence-electron chi connectivity index (χ1n) is 8.08. The van der Waals surface area contributed by atoms with Gasteiger partial charge in [-0.15, -0.1) is 6.58 Å². The van der Waals surface area contributed by atoms with Gasteiger partial charge in [-0.05, 0) is 49.7 Å². The number of ether oxygens (including phenoxy) is 1. The van der Waals surface area contributed by atoms with Gasteiger partial charge in [-0.3, -0.25) is 4.31 Å². The Balaban J connectivity index is 2.63. The molecule has 0 atom stereocenters. The normalized spacial score (nSPS) is 11.1. The number of rotatable bonds is 7. The van der Waals surface area contributed by atoms with Gasteiger partial charge in [0.25, 0.3) is 10.0 Å². The molecule has 0 radical (unpaired) electrons. The summed E-state index contributed by atoms with van der Waals surface area (Å²) in [5.41, 5.74) is 1.24. The summed E-state index contributed by atoms with van der Waals surface area (Å²) in [6.45, 7) is 7.28. The van der Waals surface area contributed by atoms with Gasteiger partial charge in [-0.2, -0.15) is 0 Å². The summed E-state index contributed by atoms with van der Waals surface area (Å²) in [7, 11) is -4.05. The summed E-state index contributed by atoms with van der Waals surface area (Å²) in [5, 5.41) is 0.293. The number of halogens is 2. The van der Waals surface area contributed by atoms with Gasteiger partial charge in [0.05, 0.1) is 29.4 Å². The number of carbonyl (C=O) groups excluding carboxylic acids is 1. The number of sulfonamides is 1. The minimum Gasteiger partial charge on any atom is -0.462 e. The Morgan fingerprint density at radius 1 is 1.22 bits per heavy atom. The largest absolute Gasteiger partial charge is 0.462 e. The number of carbonyl (C=O) groups is 1. The summed E-state index contributed by atoms with van der Waals surface area (Å²) in [4.78, 5) is 11.9. The van der Waals surface area contributed by atoms with E-state index in [0.29, 0.717) is 11.3 Å². The van der Waals surface area contributed by atoms with Gasteiger partial charge in [0.1, 0.15) is 4.90 Å². The zero-order valence-electron chi connectivity index (χ0n) is 14.9. The molecule has 8 heteroatoms. The van der Waals surface area contributed by atoms with Crippen LogP contribution < -0.4 is 4.31 Å². The highest BCUT2D eigenvalue weighted by Crippen LogP contribution is 2.32. The minimum atomic E-state index is -4.05. The van der Waals surface area contributed by atoms with Crippen LogP contribution >= 0.6 is 23.2 Å². The van der Waals surface area contributed by atoms with E-state index in [-0.39, 0.29) is 33.7 Å². The van der Waals surface area contributed by atoms with Gasteiger partial charge in [0.15, 0.2) is 0 Å². The molecule has 0 aliphatic rings. The Hall–Kier alpha value is -2.02. The van der Waals surface area contributed by atoms with Crippen molar-refractivity contribution in [2.75, 3.05) is 17.5 Å². The van der Waals surface area contributed by atoms with Gasteiger partial charge in [-0.1, -0.05) is 35.3 Å². The maximum Gasteiger partial charge on any atom is 0.338 e. The van der Waals surface area contributed by atoms with Crippen LogP contribution in [-0.4, -0.2) is 27.5 Å². The molecule has 0 heterocycles. The molecular formula is C19H19Cl2NO4S. The molecule has 2 aromatic rings.